The first-order valence-electron chi connectivity index (χ1n) is 7.01. The second-order valence-electron chi connectivity index (χ2n) is 5.61. The lowest BCUT2D eigenvalue weighted by molar-refractivity contribution is 0.0745. The molecule has 0 aromatic carbocycles. The fraction of sp³-hybridized carbons (Fsp3) is 0.667. The number of rotatable bonds is 7. The van der Waals surface area contributed by atoms with E-state index in [0.29, 0.717) is 18.8 Å². The summed E-state index contributed by atoms with van der Waals surface area (Å²) in [4.78, 5) is 13.6. The highest BCUT2D eigenvalue weighted by Gasteiger charge is 2.13. The van der Waals surface area contributed by atoms with E-state index in [1.54, 1.807) is 0 Å². The van der Waals surface area contributed by atoms with Gasteiger partial charge in [0.25, 0.3) is 0 Å². The SMILES string of the molecule is Cc1cc(=O)c(O)c(CN(C)C)n1CCCOC(C)C. The number of nitrogens with zero attached hydrogens (tertiary/aromatic N) is 2. The largest absolute Gasteiger partial charge is 0.503 e. The molecule has 0 aliphatic carbocycles. The van der Waals surface area contributed by atoms with Crippen LogP contribution in [0.2, 0.25) is 0 Å². The van der Waals surface area contributed by atoms with Crippen LogP contribution in [0, 0.1) is 6.92 Å². The second-order valence-corrected chi connectivity index (χ2v) is 5.61. The van der Waals surface area contributed by atoms with Gasteiger partial charge in [0.15, 0.2) is 5.75 Å². The predicted octanol–water partition coefficient (Wildman–Crippen LogP) is 1.74. The van der Waals surface area contributed by atoms with Crippen LogP contribution in [-0.4, -0.2) is 41.4 Å². The standard InChI is InChI=1S/C15H26N2O3/c1-11(2)20-8-6-7-17-12(3)9-14(18)15(19)13(17)10-16(4)5/h9,11,19H,6-8,10H2,1-5H3. The zero-order valence-electron chi connectivity index (χ0n) is 13.1. The Bertz CT molecular complexity index is 493. The Morgan fingerprint density at radius 2 is 2.05 bits per heavy atom. The smallest absolute Gasteiger partial charge is 0.223 e. The minimum atomic E-state index is -0.311. The summed E-state index contributed by atoms with van der Waals surface area (Å²) < 4.78 is 7.53. The first kappa shape index (κ1) is 16.7. The molecule has 0 unspecified atom stereocenters. The van der Waals surface area contributed by atoms with E-state index in [1.165, 1.54) is 6.07 Å². The van der Waals surface area contributed by atoms with E-state index in [1.807, 2.05) is 44.3 Å². The van der Waals surface area contributed by atoms with E-state index < -0.39 is 0 Å². The molecule has 1 N–H and O–H groups in total. The number of aryl methyl sites for hydroxylation is 1. The summed E-state index contributed by atoms with van der Waals surface area (Å²) in [5.74, 6) is -0.144. The molecule has 5 heteroatoms. The minimum absolute atomic E-state index is 0.144. The normalized spacial score (nSPS) is 11.6. The number of ether oxygens (including phenoxy) is 1. The van der Waals surface area contributed by atoms with Gasteiger partial charge in [-0.25, -0.2) is 0 Å². The Morgan fingerprint density at radius 3 is 2.60 bits per heavy atom. The van der Waals surface area contributed by atoms with Crippen molar-refractivity contribution in [2.45, 2.75) is 46.4 Å². The Hall–Kier alpha value is -1.33. The maximum absolute atomic E-state index is 11.7. The number of aromatic nitrogens is 1. The van der Waals surface area contributed by atoms with Crippen LogP contribution < -0.4 is 5.43 Å². The molecule has 0 saturated carbocycles. The topological polar surface area (TPSA) is 54.7 Å². The van der Waals surface area contributed by atoms with Crippen molar-refractivity contribution in [1.82, 2.24) is 9.47 Å². The van der Waals surface area contributed by atoms with E-state index >= 15 is 0 Å². The van der Waals surface area contributed by atoms with Crippen molar-refractivity contribution in [2.75, 3.05) is 20.7 Å². The first-order chi connectivity index (χ1) is 9.32. The highest BCUT2D eigenvalue weighted by atomic mass is 16.5. The molecular formula is C15H26N2O3. The van der Waals surface area contributed by atoms with Crippen LogP contribution >= 0.6 is 0 Å². The highest BCUT2D eigenvalue weighted by Crippen LogP contribution is 2.16. The molecular weight excluding hydrogens is 256 g/mol. The van der Waals surface area contributed by atoms with Crippen LogP contribution in [0.5, 0.6) is 5.75 Å². The van der Waals surface area contributed by atoms with Crippen LogP contribution in [0.4, 0.5) is 0 Å². The van der Waals surface area contributed by atoms with E-state index in [0.717, 1.165) is 18.7 Å². The van der Waals surface area contributed by atoms with Gasteiger partial charge in [-0.3, -0.25) is 4.79 Å². The van der Waals surface area contributed by atoms with E-state index in [-0.39, 0.29) is 17.3 Å². The summed E-state index contributed by atoms with van der Waals surface area (Å²) in [6.45, 7) is 7.85. The first-order valence-corrected chi connectivity index (χ1v) is 7.01. The quantitative estimate of drug-likeness (QED) is 0.774. The molecule has 0 fully saturated rings. The molecule has 1 heterocycles. The molecule has 0 aliphatic rings. The van der Waals surface area contributed by atoms with Gasteiger partial charge in [-0.1, -0.05) is 0 Å². The van der Waals surface area contributed by atoms with Crippen LogP contribution in [-0.2, 0) is 17.8 Å². The van der Waals surface area contributed by atoms with Gasteiger partial charge in [0, 0.05) is 31.5 Å². The van der Waals surface area contributed by atoms with Gasteiger partial charge < -0.3 is 19.3 Å². The maximum atomic E-state index is 11.7. The average molecular weight is 282 g/mol. The molecule has 5 nitrogen and oxygen atoms in total. The molecule has 0 aliphatic heterocycles. The molecule has 1 aromatic heterocycles. The van der Waals surface area contributed by atoms with Gasteiger partial charge in [-0.2, -0.15) is 0 Å². The molecule has 0 radical (unpaired) electrons. The van der Waals surface area contributed by atoms with Gasteiger partial charge in [-0.05, 0) is 41.3 Å². The van der Waals surface area contributed by atoms with Crippen molar-refractivity contribution in [3.8, 4) is 5.75 Å². The van der Waals surface area contributed by atoms with Crippen molar-refractivity contribution < 1.29 is 9.84 Å². The van der Waals surface area contributed by atoms with Gasteiger partial charge in [0.05, 0.1) is 11.8 Å². The summed E-state index contributed by atoms with van der Waals surface area (Å²) in [6.07, 6.45) is 1.07. The van der Waals surface area contributed by atoms with E-state index in [2.05, 4.69) is 0 Å². The fourth-order valence-electron chi connectivity index (χ4n) is 2.13. The molecule has 0 spiro atoms. The fourth-order valence-corrected chi connectivity index (χ4v) is 2.13. The van der Waals surface area contributed by atoms with Crippen LogP contribution in [0.25, 0.3) is 0 Å². The molecule has 20 heavy (non-hydrogen) atoms. The third-order valence-corrected chi connectivity index (χ3v) is 3.04. The average Bonchev–Trinajstić information content (AvgIpc) is 2.33. The number of pyridine rings is 1. The minimum Gasteiger partial charge on any atom is -0.503 e. The van der Waals surface area contributed by atoms with E-state index in [9.17, 15) is 9.90 Å². The number of hydrogen-bond donors (Lipinski definition) is 1. The maximum Gasteiger partial charge on any atom is 0.223 e. The van der Waals surface area contributed by atoms with Crippen molar-refractivity contribution in [2.24, 2.45) is 0 Å². The van der Waals surface area contributed by atoms with Gasteiger partial charge in [0.2, 0.25) is 5.43 Å². The van der Waals surface area contributed by atoms with Crippen molar-refractivity contribution >= 4 is 0 Å². The number of hydrogen-bond acceptors (Lipinski definition) is 4. The van der Waals surface area contributed by atoms with Gasteiger partial charge in [-0.15, -0.1) is 0 Å². The molecule has 0 bridgehead atoms. The molecule has 114 valence electrons. The summed E-state index contributed by atoms with van der Waals surface area (Å²) >= 11 is 0. The highest BCUT2D eigenvalue weighted by molar-refractivity contribution is 5.29. The second kappa shape index (κ2) is 7.45. The lowest BCUT2D eigenvalue weighted by Gasteiger charge is -2.20. The van der Waals surface area contributed by atoms with Crippen LogP contribution in [0.15, 0.2) is 10.9 Å². The molecule has 0 atom stereocenters. The van der Waals surface area contributed by atoms with Crippen molar-refractivity contribution in [1.29, 1.82) is 0 Å². The summed E-state index contributed by atoms with van der Waals surface area (Å²) in [5, 5.41) is 10.0. The lowest BCUT2D eigenvalue weighted by atomic mass is 10.2. The molecule has 0 saturated heterocycles. The van der Waals surface area contributed by atoms with Crippen molar-refractivity contribution in [3.63, 3.8) is 0 Å². The summed E-state index contributed by atoms with van der Waals surface area (Å²) in [6, 6.07) is 1.48. The van der Waals surface area contributed by atoms with Crippen molar-refractivity contribution in [3.05, 3.63) is 27.7 Å². The lowest BCUT2D eigenvalue weighted by Crippen LogP contribution is -2.22. The monoisotopic (exact) mass is 282 g/mol. The summed E-state index contributed by atoms with van der Waals surface area (Å²) in [5.41, 5.74) is 1.23. The Morgan fingerprint density at radius 1 is 1.40 bits per heavy atom. The van der Waals surface area contributed by atoms with Crippen LogP contribution in [0.3, 0.4) is 0 Å². The Kier molecular flexibility index (Phi) is 6.23. The Labute approximate surface area is 120 Å². The Balaban J connectivity index is 2.92. The third kappa shape index (κ3) is 4.65. The molecule has 0 amide bonds. The predicted molar refractivity (Wildman–Crippen MR) is 80.2 cm³/mol. The summed E-state index contributed by atoms with van der Waals surface area (Å²) in [7, 11) is 3.83. The zero-order valence-corrected chi connectivity index (χ0v) is 13.1. The number of aromatic hydroxyl groups is 1. The van der Waals surface area contributed by atoms with E-state index in [4.69, 9.17) is 4.74 Å². The molecule has 1 rings (SSSR count). The third-order valence-electron chi connectivity index (χ3n) is 3.04. The zero-order chi connectivity index (χ0) is 15.3. The van der Waals surface area contributed by atoms with Crippen LogP contribution in [0.1, 0.15) is 31.7 Å². The van der Waals surface area contributed by atoms with Gasteiger partial charge >= 0.3 is 0 Å². The van der Waals surface area contributed by atoms with Gasteiger partial charge in [0.1, 0.15) is 0 Å². The molecule has 1 aromatic rings.